The van der Waals surface area contributed by atoms with Gasteiger partial charge in [-0.05, 0) is 25.1 Å². The maximum Gasteiger partial charge on any atom is 0.340 e. The molecule has 1 rings (SSSR count). The van der Waals surface area contributed by atoms with E-state index in [2.05, 4.69) is 5.32 Å². The highest BCUT2D eigenvalue weighted by molar-refractivity contribution is 6.36. The lowest BCUT2D eigenvalue weighted by Gasteiger charge is -2.13. The van der Waals surface area contributed by atoms with Crippen molar-refractivity contribution in [3.05, 3.63) is 33.8 Å². The van der Waals surface area contributed by atoms with Crippen LogP contribution in [0.15, 0.2) is 18.2 Å². The van der Waals surface area contributed by atoms with Crippen molar-refractivity contribution in [3.63, 3.8) is 0 Å². The Labute approximate surface area is 127 Å². The number of rotatable bonds is 6. The molecule has 1 atom stereocenters. The minimum absolute atomic E-state index is 0.160. The lowest BCUT2D eigenvalue weighted by Crippen LogP contribution is -2.37. The first kappa shape index (κ1) is 16.8. The number of carbonyl (C=O) groups excluding carboxylic acids is 2. The number of amides is 1. The number of halogens is 2. The number of hydrogen-bond acceptors (Lipinski definition) is 4. The first-order chi connectivity index (χ1) is 9.45. The molecule has 110 valence electrons. The van der Waals surface area contributed by atoms with Crippen LogP contribution in [0.3, 0.4) is 0 Å². The second kappa shape index (κ2) is 8.09. The van der Waals surface area contributed by atoms with Gasteiger partial charge in [-0.2, -0.15) is 0 Å². The van der Waals surface area contributed by atoms with Gasteiger partial charge in [0.15, 0.2) is 6.10 Å². The molecule has 0 saturated heterocycles. The molecule has 1 aromatic carbocycles. The van der Waals surface area contributed by atoms with Gasteiger partial charge in [0.25, 0.3) is 5.91 Å². The normalized spacial score (nSPS) is 11.8. The summed E-state index contributed by atoms with van der Waals surface area (Å²) in [6.45, 7) is 2.21. The van der Waals surface area contributed by atoms with Crippen LogP contribution in [0.4, 0.5) is 0 Å². The van der Waals surface area contributed by atoms with Crippen LogP contribution in [0.1, 0.15) is 17.3 Å². The summed E-state index contributed by atoms with van der Waals surface area (Å²) in [6.07, 6.45) is -0.925. The Kier molecular flexibility index (Phi) is 6.78. The van der Waals surface area contributed by atoms with Gasteiger partial charge in [-0.15, -0.1) is 0 Å². The molecule has 7 heteroatoms. The average Bonchev–Trinajstić information content (AvgIpc) is 2.38. The van der Waals surface area contributed by atoms with Crippen LogP contribution < -0.4 is 5.32 Å². The predicted octanol–water partition coefficient (Wildman–Crippen LogP) is 2.30. The van der Waals surface area contributed by atoms with E-state index < -0.39 is 18.0 Å². The number of methoxy groups -OCH3 is 1. The van der Waals surface area contributed by atoms with Crippen molar-refractivity contribution >= 4 is 35.1 Å². The molecule has 5 nitrogen and oxygen atoms in total. The summed E-state index contributed by atoms with van der Waals surface area (Å²) < 4.78 is 9.83. The van der Waals surface area contributed by atoms with E-state index in [1.165, 1.54) is 32.2 Å². The third kappa shape index (κ3) is 5.00. The van der Waals surface area contributed by atoms with Crippen molar-refractivity contribution in [2.45, 2.75) is 13.0 Å². The van der Waals surface area contributed by atoms with Gasteiger partial charge in [-0.25, -0.2) is 4.79 Å². The van der Waals surface area contributed by atoms with Crippen LogP contribution in [0.25, 0.3) is 0 Å². The summed E-state index contributed by atoms with van der Waals surface area (Å²) in [6, 6.07) is 4.40. The standard InChI is InChI=1S/C13H15Cl2NO4/c1-8(12(17)16-5-6-19-2)20-13(18)10-4-3-9(14)7-11(10)15/h3-4,7-8H,5-6H2,1-2H3,(H,16,17)/t8-/m1/s1. The van der Waals surface area contributed by atoms with Crippen LogP contribution >= 0.6 is 23.2 Å². The van der Waals surface area contributed by atoms with Gasteiger partial charge < -0.3 is 14.8 Å². The second-order valence-corrected chi connectivity index (χ2v) is 4.80. The molecule has 0 fully saturated rings. The van der Waals surface area contributed by atoms with E-state index in [0.29, 0.717) is 18.2 Å². The Morgan fingerprint density at radius 1 is 1.35 bits per heavy atom. The van der Waals surface area contributed by atoms with E-state index in [1.54, 1.807) is 0 Å². The Hall–Kier alpha value is -1.30. The highest BCUT2D eigenvalue weighted by atomic mass is 35.5. The molecule has 0 spiro atoms. The van der Waals surface area contributed by atoms with Crippen LogP contribution in [-0.4, -0.2) is 38.2 Å². The summed E-state index contributed by atoms with van der Waals surface area (Å²) >= 11 is 11.6. The van der Waals surface area contributed by atoms with Gasteiger partial charge in [0, 0.05) is 18.7 Å². The first-order valence-electron chi connectivity index (χ1n) is 5.88. The fraction of sp³-hybridized carbons (Fsp3) is 0.385. The third-order valence-corrected chi connectivity index (χ3v) is 2.96. The lowest BCUT2D eigenvalue weighted by atomic mass is 10.2. The molecule has 0 aliphatic rings. The van der Waals surface area contributed by atoms with Gasteiger partial charge in [-0.1, -0.05) is 23.2 Å². The first-order valence-corrected chi connectivity index (χ1v) is 6.64. The third-order valence-electron chi connectivity index (χ3n) is 2.41. The SMILES string of the molecule is COCCNC(=O)[C@@H](C)OC(=O)c1ccc(Cl)cc1Cl. The molecule has 0 radical (unpaired) electrons. The van der Waals surface area contributed by atoms with Crippen molar-refractivity contribution < 1.29 is 19.1 Å². The van der Waals surface area contributed by atoms with E-state index in [-0.39, 0.29) is 10.6 Å². The summed E-state index contributed by atoms with van der Waals surface area (Å²) in [5.74, 6) is -1.08. The lowest BCUT2D eigenvalue weighted by molar-refractivity contribution is -0.129. The highest BCUT2D eigenvalue weighted by Gasteiger charge is 2.20. The van der Waals surface area contributed by atoms with Crippen LogP contribution in [0.2, 0.25) is 10.0 Å². The van der Waals surface area contributed by atoms with E-state index in [0.717, 1.165) is 0 Å². The monoisotopic (exact) mass is 319 g/mol. The maximum atomic E-state index is 11.9. The molecule has 0 bridgehead atoms. The van der Waals surface area contributed by atoms with Crippen molar-refractivity contribution in [1.82, 2.24) is 5.32 Å². The zero-order chi connectivity index (χ0) is 15.1. The molecule has 20 heavy (non-hydrogen) atoms. The van der Waals surface area contributed by atoms with Crippen molar-refractivity contribution in [1.29, 1.82) is 0 Å². The smallest absolute Gasteiger partial charge is 0.340 e. The fourth-order valence-electron chi connectivity index (χ4n) is 1.35. The molecule has 0 saturated carbocycles. The van der Waals surface area contributed by atoms with Gasteiger partial charge in [-0.3, -0.25) is 4.79 Å². The zero-order valence-electron chi connectivity index (χ0n) is 11.1. The topological polar surface area (TPSA) is 64.6 Å². The van der Waals surface area contributed by atoms with E-state index in [4.69, 9.17) is 32.7 Å². The number of esters is 1. The van der Waals surface area contributed by atoms with Gasteiger partial charge in [0.05, 0.1) is 17.2 Å². The predicted molar refractivity (Wildman–Crippen MR) is 76.2 cm³/mol. The van der Waals surface area contributed by atoms with Crippen molar-refractivity contribution in [2.75, 3.05) is 20.3 Å². The fourth-order valence-corrected chi connectivity index (χ4v) is 1.84. The minimum Gasteiger partial charge on any atom is -0.449 e. The Morgan fingerprint density at radius 3 is 2.65 bits per heavy atom. The quantitative estimate of drug-likeness (QED) is 0.645. The van der Waals surface area contributed by atoms with E-state index in [1.807, 2.05) is 0 Å². The largest absolute Gasteiger partial charge is 0.449 e. The van der Waals surface area contributed by atoms with Crippen molar-refractivity contribution in [2.24, 2.45) is 0 Å². The molecular formula is C13H15Cl2NO4. The van der Waals surface area contributed by atoms with Gasteiger partial charge in [0.1, 0.15) is 0 Å². The van der Waals surface area contributed by atoms with Crippen LogP contribution in [0, 0.1) is 0 Å². The number of benzene rings is 1. The number of nitrogens with one attached hydrogen (secondary N) is 1. The Morgan fingerprint density at radius 2 is 2.05 bits per heavy atom. The van der Waals surface area contributed by atoms with E-state index >= 15 is 0 Å². The summed E-state index contributed by atoms with van der Waals surface area (Å²) in [5, 5.41) is 3.16. The number of ether oxygens (including phenoxy) is 2. The Bertz CT molecular complexity index is 493. The molecule has 1 N–H and O–H groups in total. The summed E-state index contributed by atoms with van der Waals surface area (Å²) in [7, 11) is 1.53. The maximum absolute atomic E-state index is 11.9. The molecule has 0 aliphatic heterocycles. The van der Waals surface area contributed by atoms with Crippen molar-refractivity contribution in [3.8, 4) is 0 Å². The summed E-state index contributed by atoms with van der Waals surface area (Å²) in [5.41, 5.74) is 0.160. The van der Waals surface area contributed by atoms with E-state index in [9.17, 15) is 9.59 Å². The molecule has 0 unspecified atom stereocenters. The summed E-state index contributed by atoms with van der Waals surface area (Å²) in [4.78, 5) is 23.5. The second-order valence-electron chi connectivity index (χ2n) is 3.96. The zero-order valence-corrected chi connectivity index (χ0v) is 12.6. The van der Waals surface area contributed by atoms with Gasteiger partial charge in [0.2, 0.25) is 0 Å². The average molecular weight is 320 g/mol. The number of hydrogen-bond donors (Lipinski definition) is 1. The van der Waals surface area contributed by atoms with Crippen LogP contribution in [0.5, 0.6) is 0 Å². The number of carbonyl (C=O) groups is 2. The van der Waals surface area contributed by atoms with Crippen LogP contribution in [-0.2, 0) is 14.3 Å². The highest BCUT2D eigenvalue weighted by Crippen LogP contribution is 2.22. The molecule has 0 aromatic heterocycles. The molecule has 0 heterocycles. The molecule has 1 amide bonds. The molecule has 1 aromatic rings. The van der Waals surface area contributed by atoms with Gasteiger partial charge >= 0.3 is 5.97 Å². The molecular weight excluding hydrogens is 305 g/mol. The Balaban J connectivity index is 2.58. The molecule has 0 aliphatic carbocycles. The minimum atomic E-state index is -0.925.